The van der Waals surface area contributed by atoms with E-state index >= 15 is 0 Å². The van der Waals surface area contributed by atoms with Gasteiger partial charge in [-0.3, -0.25) is 0 Å². The lowest BCUT2D eigenvalue weighted by atomic mass is 9.92. The molecule has 18 heavy (non-hydrogen) atoms. The maximum Gasteiger partial charge on any atom is 0.258 e. The summed E-state index contributed by atoms with van der Waals surface area (Å²) in [4.78, 5) is 4.31. The highest BCUT2D eigenvalue weighted by Gasteiger charge is 2.37. The normalized spacial score (nSPS) is 20.8. The summed E-state index contributed by atoms with van der Waals surface area (Å²) in [5, 5.41) is 17.6. The van der Waals surface area contributed by atoms with Gasteiger partial charge in [0.25, 0.3) is 5.89 Å². The zero-order chi connectivity index (χ0) is 13.0. The van der Waals surface area contributed by atoms with Crippen molar-refractivity contribution in [2.24, 2.45) is 0 Å². The fraction of sp³-hybridized carbons (Fsp3) is 0.833. The van der Waals surface area contributed by atoms with E-state index in [2.05, 4.69) is 22.4 Å². The second-order valence-electron chi connectivity index (χ2n) is 4.75. The lowest BCUT2D eigenvalue weighted by Crippen LogP contribution is -2.40. The number of aromatic nitrogens is 2. The number of methoxy groups -OCH3 is 1. The van der Waals surface area contributed by atoms with Gasteiger partial charge in [-0.05, 0) is 32.4 Å². The zero-order valence-corrected chi connectivity index (χ0v) is 11.0. The van der Waals surface area contributed by atoms with E-state index in [0.29, 0.717) is 24.6 Å². The van der Waals surface area contributed by atoms with Crippen molar-refractivity contribution in [1.82, 2.24) is 15.5 Å². The monoisotopic (exact) mass is 255 g/mol. The molecule has 2 heterocycles. The first-order valence-corrected chi connectivity index (χ1v) is 6.49. The molecule has 6 nitrogen and oxygen atoms in total. The number of piperidine rings is 1. The summed E-state index contributed by atoms with van der Waals surface area (Å²) in [6.07, 6.45) is 2.87. The first-order valence-electron chi connectivity index (χ1n) is 6.49. The van der Waals surface area contributed by atoms with Crippen LogP contribution in [-0.2, 0) is 10.3 Å². The SMILES string of the molecule is CCCC(OC)c1noc(C2(O)CCNCC2)n1. The van der Waals surface area contributed by atoms with E-state index in [-0.39, 0.29) is 6.10 Å². The molecule has 1 atom stereocenters. The van der Waals surface area contributed by atoms with Crippen molar-refractivity contribution in [3.8, 4) is 0 Å². The quantitative estimate of drug-likeness (QED) is 0.821. The fourth-order valence-corrected chi connectivity index (χ4v) is 2.22. The third-order valence-corrected chi connectivity index (χ3v) is 3.39. The standard InChI is InChI=1S/C12H21N3O3/c1-3-4-9(17-2)10-14-11(18-15-10)12(16)5-7-13-8-6-12/h9,13,16H,3-8H2,1-2H3. The van der Waals surface area contributed by atoms with Gasteiger partial charge in [0.1, 0.15) is 11.7 Å². The Bertz CT molecular complexity index is 374. The Balaban J connectivity index is 2.13. The molecule has 1 unspecified atom stereocenters. The van der Waals surface area contributed by atoms with Gasteiger partial charge in [-0.15, -0.1) is 0 Å². The van der Waals surface area contributed by atoms with Gasteiger partial charge < -0.3 is 19.7 Å². The van der Waals surface area contributed by atoms with Gasteiger partial charge in [0, 0.05) is 7.11 Å². The Kier molecular flexibility index (Phi) is 4.31. The Hall–Kier alpha value is -0.980. The van der Waals surface area contributed by atoms with Crippen LogP contribution in [0.5, 0.6) is 0 Å². The molecule has 1 aliphatic rings. The molecule has 0 spiro atoms. The number of nitrogens with zero attached hydrogens (tertiary/aromatic N) is 2. The smallest absolute Gasteiger partial charge is 0.258 e. The van der Waals surface area contributed by atoms with E-state index in [1.807, 2.05) is 0 Å². The summed E-state index contributed by atoms with van der Waals surface area (Å²) in [6.45, 7) is 3.60. The average molecular weight is 255 g/mol. The Labute approximate surface area is 107 Å². The highest BCUT2D eigenvalue weighted by molar-refractivity contribution is 5.02. The van der Waals surface area contributed by atoms with Gasteiger partial charge in [-0.1, -0.05) is 18.5 Å². The lowest BCUT2D eigenvalue weighted by Gasteiger charge is -2.28. The summed E-state index contributed by atoms with van der Waals surface area (Å²) in [5.41, 5.74) is -0.985. The summed E-state index contributed by atoms with van der Waals surface area (Å²) in [7, 11) is 1.63. The molecule has 0 amide bonds. The van der Waals surface area contributed by atoms with Crippen molar-refractivity contribution in [2.45, 2.75) is 44.3 Å². The van der Waals surface area contributed by atoms with Gasteiger partial charge in [-0.25, -0.2) is 0 Å². The summed E-state index contributed by atoms with van der Waals surface area (Å²) in [5.74, 6) is 0.846. The van der Waals surface area contributed by atoms with Crippen molar-refractivity contribution >= 4 is 0 Å². The molecule has 102 valence electrons. The number of ether oxygens (including phenoxy) is 1. The Morgan fingerprint density at radius 3 is 2.83 bits per heavy atom. The first-order chi connectivity index (χ1) is 8.69. The van der Waals surface area contributed by atoms with Crippen molar-refractivity contribution in [1.29, 1.82) is 0 Å². The van der Waals surface area contributed by atoms with Gasteiger partial charge in [0.05, 0.1) is 0 Å². The molecule has 1 saturated heterocycles. The maximum absolute atomic E-state index is 10.5. The predicted octanol–water partition coefficient (Wildman–Crippen LogP) is 1.13. The maximum atomic E-state index is 10.5. The Morgan fingerprint density at radius 1 is 1.50 bits per heavy atom. The van der Waals surface area contributed by atoms with Crippen molar-refractivity contribution in [2.75, 3.05) is 20.2 Å². The molecule has 0 saturated carbocycles. The largest absolute Gasteiger partial charge is 0.380 e. The van der Waals surface area contributed by atoms with E-state index in [1.165, 1.54) is 0 Å². The van der Waals surface area contributed by atoms with E-state index in [1.54, 1.807) is 7.11 Å². The lowest BCUT2D eigenvalue weighted by molar-refractivity contribution is -0.0228. The second-order valence-corrected chi connectivity index (χ2v) is 4.75. The predicted molar refractivity (Wildman–Crippen MR) is 65.0 cm³/mol. The van der Waals surface area contributed by atoms with Crippen LogP contribution in [0, 0.1) is 0 Å². The van der Waals surface area contributed by atoms with Crippen LogP contribution in [0.2, 0.25) is 0 Å². The highest BCUT2D eigenvalue weighted by Crippen LogP contribution is 2.30. The third kappa shape index (κ3) is 2.71. The number of hydrogen-bond acceptors (Lipinski definition) is 6. The molecule has 0 radical (unpaired) electrons. The van der Waals surface area contributed by atoms with Gasteiger partial charge in [0.2, 0.25) is 5.82 Å². The van der Waals surface area contributed by atoms with Crippen LogP contribution >= 0.6 is 0 Å². The number of aliphatic hydroxyl groups is 1. The van der Waals surface area contributed by atoms with Crippen LogP contribution in [-0.4, -0.2) is 35.4 Å². The molecule has 6 heteroatoms. The van der Waals surface area contributed by atoms with Crippen molar-refractivity contribution < 1.29 is 14.4 Å². The molecule has 1 aromatic rings. The van der Waals surface area contributed by atoms with E-state index in [4.69, 9.17) is 9.26 Å². The topological polar surface area (TPSA) is 80.4 Å². The number of hydrogen-bond donors (Lipinski definition) is 2. The van der Waals surface area contributed by atoms with Crippen LogP contribution in [0.25, 0.3) is 0 Å². The van der Waals surface area contributed by atoms with Crippen LogP contribution in [0.1, 0.15) is 50.4 Å². The summed E-state index contributed by atoms with van der Waals surface area (Å²) >= 11 is 0. The molecule has 2 N–H and O–H groups in total. The van der Waals surface area contributed by atoms with Crippen LogP contribution in [0.3, 0.4) is 0 Å². The van der Waals surface area contributed by atoms with Gasteiger partial charge in [-0.2, -0.15) is 4.98 Å². The highest BCUT2D eigenvalue weighted by atomic mass is 16.5. The minimum atomic E-state index is -0.985. The second kappa shape index (κ2) is 5.77. The average Bonchev–Trinajstić information content (AvgIpc) is 2.87. The third-order valence-electron chi connectivity index (χ3n) is 3.39. The molecular weight excluding hydrogens is 234 g/mol. The van der Waals surface area contributed by atoms with Crippen LogP contribution < -0.4 is 5.32 Å². The zero-order valence-electron chi connectivity index (χ0n) is 11.0. The molecule has 0 bridgehead atoms. The molecule has 1 aliphatic heterocycles. The number of nitrogens with one attached hydrogen (secondary N) is 1. The van der Waals surface area contributed by atoms with Crippen LogP contribution in [0.15, 0.2) is 4.52 Å². The van der Waals surface area contributed by atoms with E-state index in [0.717, 1.165) is 25.9 Å². The number of rotatable bonds is 5. The van der Waals surface area contributed by atoms with Gasteiger partial charge >= 0.3 is 0 Å². The summed E-state index contributed by atoms with van der Waals surface area (Å²) in [6, 6.07) is 0. The molecule has 0 aromatic carbocycles. The van der Waals surface area contributed by atoms with E-state index < -0.39 is 5.60 Å². The van der Waals surface area contributed by atoms with Crippen molar-refractivity contribution in [3.63, 3.8) is 0 Å². The molecular formula is C12H21N3O3. The van der Waals surface area contributed by atoms with Gasteiger partial charge in [0.15, 0.2) is 0 Å². The fourth-order valence-electron chi connectivity index (χ4n) is 2.22. The minimum Gasteiger partial charge on any atom is -0.380 e. The first kappa shape index (κ1) is 13.5. The van der Waals surface area contributed by atoms with Crippen LogP contribution in [0.4, 0.5) is 0 Å². The molecule has 2 rings (SSSR count). The summed E-state index contributed by atoms with van der Waals surface area (Å²) < 4.78 is 10.5. The minimum absolute atomic E-state index is 0.155. The van der Waals surface area contributed by atoms with Crippen molar-refractivity contribution in [3.05, 3.63) is 11.7 Å². The molecule has 1 fully saturated rings. The van der Waals surface area contributed by atoms with E-state index in [9.17, 15) is 5.11 Å². The molecule has 1 aromatic heterocycles. The Morgan fingerprint density at radius 2 is 2.22 bits per heavy atom. The molecule has 0 aliphatic carbocycles.